The van der Waals surface area contributed by atoms with Gasteiger partial charge in [0.05, 0.1) is 0 Å². The fraction of sp³-hybridized carbons (Fsp3) is 0.500. The molecular formula is C16H24N2O3. The molecule has 0 aliphatic heterocycles. The normalized spacial score (nSPS) is 10.2. The van der Waals surface area contributed by atoms with Crippen LogP contribution in [-0.4, -0.2) is 23.7 Å². The third kappa shape index (κ3) is 5.45. The quantitative estimate of drug-likeness (QED) is 0.676. The number of carbonyl (C=O) groups excluding carboxylic acids is 1. The minimum Gasteiger partial charge on any atom is -0.481 e. The summed E-state index contributed by atoms with van der Waals surface area (Å²) in [6, 6.07) is 3.88. The van der Waals surface area contributed by atoms with E-state index in [1.165, 1.54) is 5.56 Å². The number of hydrogen-bond donors (Lipinski definition) is 3. The number of carboxylic acid groups (broad SMARTS) is 1. The number of urea groups is 1. The first-order chi connectivity index (χ1) is 9.97. The van der Waals surface area contributed by atoms with Gasteiger partial charge in [0, 0.05) is 18.7 Å². The largest absolute Gasteiger partial charge is 0.481 e. The average molecular weight is 292 g/mol. The van der Waals surface area contributed by atoms with Gasteiger partial charge in [-0.15, -0.1) is 0 Å². The van der Waals surface area contributed by atoms with E-state index in [1.807, 2.05) is 6.92 Å². The van der Waals surface area contributed by atoms with Crippen LogP contribution in [0.25, 0.3) is 0 Å². The third-order valence-corrected chi connectivity index (χ3v) is 3.30. The molecule has 5 heteroatoms. The van der Waals surface area contributed by atoms with Crippen LogP contribution in [0.1, 0.15) is 43.4 Å². The molecule has 0 atom stereocenters. The first-order valence-electron chi connectivity index (χ1n) is 7.36. The number of hydrogen-bond acceptors (Lipinski definition) is 2. The molecule has 1 aromatic rings. The topological polar surface area (TPSA) is 78.4 Å². The van der Waals surface area contributed by atoms with Gasteiger partial charge in [0.1, 0.15) is 0 Å². The maximum atomic E-state index is 11.9. The fourth-order valence-corrected chi connectivity index (χ4v) is 2.26. The Balaban J connectivity index is 2.68. The molecule has 1 aromatic carbocycles. The van der Waals surface area contributed by atoms with E-state index in [2.05, 4.69) is 36.6 Å². The number of amides is 2. The van der Waals surface area contributed by atoms with E-state index >= 15 is 0 Å². The van der Waals surface area contributed by atoms with Crippen molar-refractivity contribution in [1.82, 2.24) is 5.32 Å². The second-order valence-corrected chi connectivity index (χ2v) is 5.04. The first kappa shape index (κ1) is 17.0. The van der Waals surface area contributed by atoms with E-state index in [0.717, 1.165) is 29.7 Å². The average Bonchev–Trinajstić information content (AvgIpc) is 2.44. The van der Waals surface area contributed by atoms with Gasteiger partial charge >= 0.3 is 12.0 Å². The van der Waals surface area contributed by atoms with Crippen molar-refractivity contribution >= 4 is 17.7 Å². The number of carboxylic acids is 1. The van der Waals surface area contributed by atoms with Gasteiger partial charge in [0.25, 0.3) is 0 Å². The van der Waals surface area contributed by atoms with Crippen molar-refractivity contribution in [3.63, 3.8) is 0 Å². The van der Waals surface area contributed by atoms with Crippen molar-refractivity contribution in [3.05, 3.63) is 28.8 Å². The summed E-state index contributed by atoms with van der Waals surface area (Å²) in [5, 5.41) is 14.1. The lowest BCUT2D eigenvalue weighted by molar-refractivity contribution is -0.137. The van der Waals surface area contributed by atoms with E-state index < -0.39 is 5.97 Å². The molecule has 0 unspecified atom stereocenters. The van der Waals surface area contributed by atoms with Gasteiger partial charge in [-0.2, -0.15) is 0 Å². The summed E-state index contributed by atoms with van der Waals surface area (Å²) < 4.78 is 0. The van der Waals surface area contributed by atoms with Crippen molar-refractivity contribution in [2.75, 3.05) is 11.9 Å². The number of aryl methyl sites for hydroxylation is 3. The van der Waals surface area contributed by atoms with E-state index in [-0.39, 0.29) is 12.5 Å². The maximum absolute atomic E-state index is 11.9. The number of carbonyl (C=O) groups is 2. The van der Waals surface area contributed by atoms with Crippen LogP contribution in [-0.2, 0) is 17.6 Å². The lowest BCUT2D eigenvalue weighted by atomic mass is 10.00. The van der Waals surface area contributed by atoms with Crippen molar-refractivity contribution in [2.45, 2.75) is 46.5 Å². The van der Waals surface area contributed by atoms with Gasteiger partial charge in [0.15, 0.2) is 0 Å². The monoisotopic (exact) mass is 292 g/mol. The molecule has 116 valence electrons. The van der Waals surface area contributed by atoms with Gasteiger partial charge in [-0.05, 0) is 37.3 Å². The molecule has 3 N–H and O–H groups in total. The molecule has 0 saturated heterocycles. The van der Waals surface area contributed by atoms with Crippen molar-refractivity contribution in [2.24, 2.45) is 0 Å². The van der Waals surface area contributed by atoms with Gasteiger partial charge in [-0.3, -0.25) is 4.79 Å². The molecule has 0 fully saturated rings. The Hall–Kier alpha value is -2.04. The molecule has 1 rings (SSSR count). The fourth-order valence-electron chi connectivity index (χ4n) is 2.26. The number of nitrogens with one attached hydrogen (secondary N) is 2. The van der Waals surface area contributed by atoms with E-state index in [4.69, 9.17) is 5.11 Å². The second-order valence-electron chi connectivity index (χ2n) is 5.04. The highest BCUT2D eigenvalue weighted by atomic mass is 16.4. The van der Waals surface area contributed by atoms with Crippen LogP contribution in [0.15, 0.2) is 12.1 Å². The molecule has 0 saturated carbocycles. The zero-order valence-corrected chi connectivity index (χ0v) is 13.0. The molecular weight excluding hydrogens is 268 g/mol. The van der Waals surface area contributed by atoms with E-state index in [9.17, 15) is 9.59 Å². The highest BCUT2D eigenvalue weighted by Gasteiger charge is 2.11. The molecule has 5 nitrogen and oxygen atoms in total. The summed E-state index contributed by atoms with van der Waals surface area (Å²) >= 11 is 0. The Morgan fingerprint density at radius 3 is 2.19 bits per heavy atom. The smallest absolute Gasteiger partial charge is 0.319 e. The van der Waals surface area contributed by atoms with E-state index in [1.54, 1.807) is 0 Å². The summed E-state index contributed by atoms with van der Waals surface area (Å²) in [5.74, 6) is -0.850. The van der Waals surface area contributed by atoms with Crippen LogP contribution in [0.3, 0.4) is 0 Å². The summed E-state index contributed by atoms with van der Waals surface area (Å²) in [4.78, 5) is 22.3. The van der Waals surface area contributed by atoms with Crippen LogP contribution in [0.4, 0.5) is 10.5 Å². The molecule has 0 aliphatic carbocycles. The number of benzene rings is 1. The summed E-state index contributed by atoms with van der Waals surface area (Å²) in [7, 11) is 0. The Morgan fingerprint density at radius 2 is 1.71 bits per heavy atom. The maximum Gasteiger partial charge on any atom is 0.319 e. The summed E-state index contributed by atoms with van der Waals surface area (Å²) in [5.41, 5.74) is 4.30. The number of rotatable bonds is 7. The second kappa shape index (κ2) is 8.29. The minimum atomic E-state index is -0.850. The molecule has 2 amide bonds. The third-order valence-electron chi connectivity index (χ3n) is 3.30. The molecule has 0 radical (unpaired) electrons. The number of aliphatic carboxylic acids is 1. The van der Waals surface area contributed by atoms with Gasteiger partial charge in [0.2, 0.25) is 0 Å². The zero-order valence-electron chi connectivity index (χ0n) is 13.0. The van der Waals surface area contributed by atoms with Crippen molar-refractivity contribution < 1.29 is 14.7 Å². The SMILES string of the molecule is CCc1cc(C)cc(CC)c1NC(=O)NCCCC(=O)O. The molecule has 0 bridgehead atoms. The summed E-state index contributed by atoms with van der Waals surface area (Å²) in [6.45, 7) is 6.52. The Morgan fingerprint density at radius 1 is 1.14 bits per heavy atom. The van der Waals surface area contributed by atoms with Crippen molar-refractivity contribution in [1.29, 1.82) is 0 Å². The first-order valence-corrected chi connectivity index (χ1v) is 7.36. The Kier molecular flexibility index (Phi) is 6.72. The van der Waals surface area contributed by atoms with E-state index in [0.29, 0.717) is 13.0 Å². The Labute approximate surface area is 125 Å². The Bertz CT molecular complexity index is 487. The molecule has 0 aliphatic rings. The lowest BCUT2D eigenvalue weighted by Crippen LogP contribution is -2.30. The highest BCUT2D eigenvalue weighted by Crippen LogP contribution is 2.24. The molecule has 0 aromatic heterocycles. The van der Waals surface area contributed by atoms with Gasteiger partial charge in [-0.1, -0.05) is 31.5 Å². The van der Waals surface area contributed by atoms with Crippen LogP contribution < -0.4 is 10.6 Å². The van der Waals surface area contributed by atoms with Crippen LogP contribution >= 0.6 is 0 Å². The predicted molar refractivity (Wildman–Crippen MR) is 83.8 cm³/mol. The summed E-state index contributed by atoms with van der Waals surface area (Å²) in [6.07, 6.45) is 2.19. The van der Waals surface area contributed by atoms with Crippen LogP contribution in [0, 0.1) is 6.92 Å². The molecule has 0 spiro atoms. The highest BCUT2D eigenvalue weighted by molar-refractivity contribution is 5.91. The van der Waals surface area contributed by atoms with Crippen LogP contribution in [0.5, 0.6) is 0 Å². The predicted octanol–water partition coefficient (Wildman–Crippen LogP) is 3.11. The molecule has 0 heterocycles. The van der Waals surface area contributed by atoms with Crippen LogP contribution in [0.2, 0.25) is 0 Å². The zero-order chi connectivity index (χ0) is 15.8. The standard InChI is InChI=1S/C16H24N2O3/c1-4-12-9-11(3)10-13(5-2)15(12)18-16(21)17-8-6-7-14(19)20/h9-10H,4-8H2,1-3H3,(H,19,20)(H2,17,18,21). The van der Waals surface area contributed by atoms with Gasteiger partial charge < -0.3 is 15.7 Å². The minimum absolute atomic E-state index is 0.0607. The molecule has 21 heavy (non-hydrogen) atoms. The van der Waals surface area contributed by atoms with Crippen molar-refractivity contribution in [3.8, 4) is 0 Å². The lowest BCUT2D eigenvalue weighted by Gasteiger charge is -2.16. The number of anilines is 1. The van der Waals surface area contributed by atoms with Gasteiger partial charge in [-0.25, -0.2) is 4.79 Å².